The molecule has 21 heavy (non-hydrogen) atoms. The molecular weight excluding hydrogens is 266 g/mol. The summed E-state index contributed by atoms with van der Waals surface area (Å²) in [6.07, 6.45) is 0.752. The van der Waals surface area contributed by atoms with Crippen molar-refractivity contribution in [3.63, 3.8) is 0 Å². The highest BCUT2D eigenvalue weighted by Gasteiger charge is 2.22. The predicted octanol–water partition coefficient (Wildman–Crippen LogP) is 2.24. The second-order valence-corrected chi connectivity index (χ2v) is 7.25. The summed E-state index contributed by atoms with van der Waals surface area (Å²) in [4.78, 5) is 0. The standard InChI is InChI=1S/C15H25N5O/c1-14(2,3)13-18-17-12-7-6-11(19-20(12)13)16-10-15(4,5)8-9-21/h6-7,21H,8-10H2,1-5H3,(H,16,19). The molecule has 2 rings (SSSR count). The zero-order valence-electron chi connectivity index (χ0n) is 13.5. The number of rotatable bonds is 5. The van der Waals surface area contributed by atoms with Crippen LogP contribution in [-0.4, -0.2) is 38.1 Å². The molecule has 0 spiro atoms. The smallest absolute Gasteiger partial charge is 0.178 e. The van der Waals surface area contributed by atoms with Crippen LogP contribution in [0.1, 0.15) is 46.9 Å². The summed E-state index contributed by atoms with van der Waals surface area (Å²) in [6, 6.07) is 3.82. The maximum absolute atomic E-state index is 9.07. The van der Waals surface area contributed by atoms with Gasteiger partial charge in [-0.2, -0.15) is 4.52 Å². The predicted molar refractivity (Wildman–Crippen MR) is 83.5 cm³/mol. The molecule has 2 aromatic heterocycles. The monoisotopic (exact) mass is 291 g/mol. The van der Waals surface area contributed by atoms with Gasteiger partial charge in [0.2, 0.25) is 0 Å². The molecule has 0 radical (unpaired) electrons. The third-order valence-corrected chi connectivity index (χ3v) is 3.47. The van der Waals surface area contributed by atoms with Crippen LogP contribution in [0.5, 0.6) is 0 Å². The molecule has 6 heteroatoms. The Hall–Kier alpha value is -1.69. The van der Waals surface area contributed by atoms with Crippen LogP contribution in [0.2, 0.25) is 0 Å². The summed E-state index contributed by atoms with van der Waals surface area (Å²) in [7, 11) is 0. The van der Waals surface area contributed by atoms with E-state index in [1.165, 1.54) is 0 Å². The number of aliphatic hydroxyl groups excluding tert-OH is 1. The van der Waals surface area contributed by atoms with Crippen molar-refractivity contribution in [2.24, 2.45) is 5.41 Å². The number of hydrogen-bond acceptors (Lipinski definition) is 5. The molecule has 0 saturated heterocycles. The van der Waals surface area contributed by atoms with Crippen molar-refractivity contribution in [1.29, 1.82) is 0 Å². The Morgan fingerprint density at radius 3 is 2.48 bits per heavy atom. The van der Waals surface area contributed by atoms with Gasteiger partial charge in [0.1, 0.15) is 5.82 Å². The molecule has 0 aliphatic heterocycles. The van der Waals surface area contributed by atoms with Gasteiger partial charge in [0, 0.05) is 18.6 Å². The molecule has 2 heterocycles. The van der Waals surface area contributed by atoms with Gasteiger partial charge in [-0.05, 0) is 24.0 Å². The Kier molecular flexibility index (Phi) is 4.18. The van der Waals surface area contributed by atoms with E-state index >= 15 is 0 Å². The number of aliphatic hydroxyl groups is 1. The van der Waals surface area contributed by atoms with E-state index in [0.29, 0.717) is 0 Å². The van der Waals surface area contributed by atoms with E-state index in [-0.39, 0.29) is 17.4 Å². The summed E-state index contributed by atoms with van der Waals surface area (Å²) < 4.78 is 1.79. The van der Waals surface area contributed by atoms with Gasteiger partial charge in [0.25, 0.3) is 0 Å². The first-order chi connectivity index (χ1) is 9.73. The minimum Gasteiger partial charge on any atom is -0.396 e. The van der Waals surface area contributed by atoms with Gasteiger partial charge in [-0.1, -0.05) is 34.6 Å². The lowest BCUT2D eigenvalue weighted by atomic mass is 9.90. The first kappa shape index (κ1) is 15.7. The second-order valence-electron chi connectivity index (χ2n) is 7.25. The molecule has 0 atom stereocenters. The fraction of sp³-hybridized carbons (Fsp3) is 0.667. The van der Waals surface area contributed by atoms with E-state index in [2.05, 4.69) is 55.2 Å². The molecule has 0 bridgehead atoms. The number of nitrogens with zero attached hydrogens (tertiary/aromatic N) is 4. The van der Waals surface area contributed by atoms with Crippen LogP contribution in [0, 0.1) is 5.41 Å². The van der Waals surface area contributed by atoms with Gasteiger partial charge < -0.3 is 10.4 Å². The average molecular weight is 291 g/mol. The third-order valence-electron chi connectivity index (χ3n) is 3.47. The van der Waals surface area contributed by atoms with Gasteiger partial charge in [-0.3, -0.25) is 0 Å². The van der Waals surface area contributed by atoms with Crippen molar-refractivity contribution in [2.45, 2.75) is 46.5 Å². The highest BCUT2D eigenvalue weighted by molar-refractivity contribution is 5.44. The van der Waals surface area contributed by atoms with E-state index < -0.39 is 0 Å². The lowest BCUT2D eigenvalue weighted by molar-refractivity contribution is 0.220. The number of aromatic nitrogens is 4. The number of hydrogen-bond donors (Lipinski definition) is 2. The summed E-state index contributed by atoms with van der Waals surface area (Å²) in [5.41, 5.74) is 0.659. The summed E-state index contributed by atoms with van der Waals surface area (Å²) in [5.74, 6) is 1.63. The van der Waals surface area contributed by atoms with Gasteiger partial charge in [0.15, 0.2) is 11.5 Å². The summed E-state index contributed by atoms with van der Waals surface area (Å²) in [5, 5.41) is 25.4. The molecule has 2 N–H and O–H groups in total. The zero-order chi connectivity index (χ0) is 15.7. The van der Waals surface area contributed by atoms with Crippen LogP contribution >= 0.6 is 0 Å². The Balaban J connectivity index is 2.22. The van der Waals surface area contributed by atoms with Crippen molar-refractivity contribution < 1.29 is 5.11 Å². The van der Waals surface area contributed by atoms with Crippen LogP contribution in [0.3, 0.4) is 0 Å². The number of anilines is 1. The largest absolute Gasteiger partial charge is 0.396 e. The van der Waals surface area contributed by atoms with Crippen LogP contribution in [0.15, 0.2) is 12.1 Å². The van der Waals surface area contributed by atoms with Crippen molar-refractivity contribution in [2.75, 3.05) is 18.5 Å². The Morgan fingerprint density at radius 2 is 1.86 bits per heavy atom. The van der Waals surface area contributed by atoms with Crippen LogP contribution in [0.4, 0.5) is 5.82 Å². The van der Waals surface area contributed by atoms with Crippen LogP contribution < -0.4 is 5.32 Å². The van der Waals surface area contributed by atoms with Gasteiger partial charge in [0.05, 0.1) is 0 Å². The average Bonchev–Trinajstić information content (AvgIpc) is 2.79. The second kappa shape index (κ2) is 5.60. The highest BCUT2D eigenvalue weighted by atomic mass is 16.3. The Labute approximate surface area is 125 Å². The van der Waals surface area contributed by atoms with Crippen molar-refractivity contribution in [3.05, 3.63) is 18.0 Å². The van der Waals surface area contributed by atoms with E-state index in [4.69, 9.17) is 5.11 Å². The molecule has 116 valence electrons. The first-order valence-corrected chi connectivity index (χ1v) is 7.31. The number of fused-ring (bicyclic) bond motifs is 1. The number of nitrogens with one attached hydrogen (secondary N) is 1. The lowest BCUT2D eigenvalue weighted by Gasteiger charge is -2.24. The van der Waals surface area contributed by atoms with Gasteiger partial charge in [-0.15, -0.1) is 15.3 Å². The normalized spacial score (nSPS) is 12.9. The van der Waals surface area contributed by atoms with Crippen molar-refractivity contribution in [3.8, 4) is 0 Å². The topological polar surface area (TPSA) is 75.3 Å². The molecule has 6 nitrogen and oxygen atoms in total. The first-order valence-electron chi connectivity index (χ1n) is 7.31. The maximum atomic E-state index is 9.07. The minimum absolute atomic E-state index is 0.0193. The van der Waals surface area contributed by atoms with Crippen LogP contribution in [0.25, 0.3) is 5.65 Å². The molecule has 0 aliphatic carbocycles. The highest BCUT2D eigenvalue weighted by Crippen LogP contribution is 2.22. The van der Waals surface area contributed by atoms with Crippen LogP contribution in [-0.2, 0) is 5.41 Å². The fourth-order valence-electron chi connectivity index (χ4n) is 2.07. The zero-order valence-corrected chi connectivity index (χ0v) is 13.5. The lowest BCUT2D eigenvalue weighted by Crippen LogP contribution is -2.25. The van der Waals surface area contributed by atoms with Gasteiger partial charge >= 0.3 is 0 Å². The molecule has 2 aromatic rings. The summed E-state index contributed by atoms with van der Waals surface area (Å²) in [6.45, 7) is 11.5. The van der Waals surface area contributed by atoms with Crippen molar-refractivity contribution >= 4 is 11.5 Å². The van der Waals surface area contributed by atoms with E-state index in [1.807, 2.05) is 12.1 Å². The Bertz CT molecular complexity index is 612. The molecule has 0 saturated carbocycles. The molecule has 0 aromatic carbocycles. The third kappa shape index (κ3) is 3.69. The van der Waals surface area contributed by atoms with E-state index in [0.717, 1.165) is 30.3 Å². The van der Waals surface area contributed by atoms with Crippen molar-refractivity contribution in [1.82, 2.24) is 19.8 Å². The quantitative estimate of drug-likeness (QED) is 0.883. The van der Waals surface area contributed by atoms with E-state index in [1.54, 1.807) is 4.52 Å². The maximum Gasteiger partial charge on any atom is 0.178 e. The summed E-state index contributed by atoms with van der Waals surface area (Å²) >= 11 is 0. The van der Waals surface area contributed by atoms with E-state index in [9.17, 15) is 0 Å². The molecule has 0 amide bonds. The molecule has 0 fully saturated rings. The Morgan fingerprint density at radius 1 is 1.14 bits per heavy atom. The van der Waals surface area contributed by atoms with Gasteiger partial charge in [-0.25, -0.2) is 0 Å². The fourth-order valence-corrected chi connectivity index (χ4v) is 2.07. The molecular formula is C15H25N5O. The molecule has 0 unspecified atom stereocenters. The minimum atomic E-state index is -0.110. The SMILES string of the molecule is CC(C)(CCO)CNc1ccc2nnc(C(C)(C)C)n2n1. The molecule has 0 aliphatic rings.